The van der Waals surface area contributed by atoms with E-state index in [1.54, 1.807) is 0 Å². The summed E-state index contributed by atoms with van der Waals surface area (Å²) in [5.74, 6) is 0. The lowest BCUT2D eigenvalue weighted by Gasteiger charge is -2.09. The highest BCUT2D eigenvalue weighted by atomic mass is 127. The third-order valence-corrected chi connectivity index (χ3v) is 4.34. The number of nitrogens with zero attached hydrogens (tertiary/aromatic N) is 1. The Balaban J connectivity index is 2.29. The summed E-state index contributed by atoms with van der Waals surface area (Å²) in [6.45, 7) is 0. The molecule has 0 radical (unpaired) electrons. The fraction of sp³-hybridized carbons (Fsp3) is 0.222. The van der Waals surface area contributed by atoms with Crippen molar-refractivity contribution in [2.75, 3.05) is 0 Å². The summed E-state index contributed by atoms with van der Waals surface area (Å²) in [6.07, 6.45) is 4.26. The van der Waals surface area contributed by atoms with Crippen LogP contribution in [0.4, 0.5) is 0 Å². The second-order valence-corrected chi connectivity index (χ2v) is 6.19. The molecule has 0 saturated heterocycles. The van der Waals surface area contributed by atoms with Crippen LogP contribution in [0, 0.1) is 2.88 Å². The Morgan fingerprint density at radius 3 is 3.31 bits per heavy atom. The highest BCUT2D eigenvalue weighted by Crippen LogP contribution is 2.37. The minimum atomic E-state index is 1.13. The molecule has 0 unspecified atom stereocenters. The second kappa shape index (κ2) is 2.81. The molecular weight excluding hydrogens is 295 g/mol. The fourth-order valence-electron chi connectivity index (χ4n) is 1.78. The average molecular weight is 302 g/mol. The molecule has 3 rings (SSSR count). The van der Waals surface area contributed by atoms with E-state index in [0.717, 1.165) is 6.42 Å². The van der Waals surface area contributed by atoms with E-state index in [9.17, 15) is 0 Å². The van der Waals surface area contributed by atoms with E-state index in [-0.39, 0.29) is 0 Å². The topological polar surface area (TPSA) is 28.7 Å². The molecule has 1 N–H and O–H groups in total. The summed E-state index contributed by atoms with van der Waals surface area (Å²) in [4.78, 5) is 1.50. The maximum atomic E-state index is 4.09. The second-order valence-electron chi connectivity index (χ2n) is 3.16. The van der Waals surface area contributed by atoms with E-state index < -0.39 is 0 Å². The van der Waals surface area contributed by atoms with E-state index >= 15 is 0 Å². The van der Waals surface area contributed by atoms with Crippen LogP contribution in [0.15, 0.2) is 12.3 Å². The summed E-state index contributed by atoms with van der Waals surface area (Å²) in [5, 5.41) is 7.17. The number of aromatic nitrogens is 2. The molecule has 0 amide bonds. The number of thiophene rings is 1. The number of aromatic amines is 1. The van der Waals surface area contributed by atoms with E-state index in [2.05, 4.69) is 38.9 Å². The molecule has 0 bridgehead atoms. The van der Waals surface area contributed by atoms with Crippen molar-refractivity contribution >= 4 is 33.9 Å². The van der Waals surface area contributed by atoms with Gasteiger partial charge < -0.3 is 0 Å². The summed E-state index contributed by atoms with van der Waals surface area (Å²) < 4.78 is 1.37. The lowest BCUT2D eigenvalue weighted by molar-refractivity contribution is 0.964. The Bertz CT molecular complexity index is 458. The maximum Gasteiger partial charge on any atom is 0.0693 e. The number of hydrogen-bond donors (Lipinski definition) is 1. The van der Waals surface area contributed by atoms with Crippen LogP contribution in [-0.2, 0) is 12.8 Å². The van der Waals surface area contributed by atoms with Gasteiger partial charge in [-0.05, 0) is 47.1 Å². The Morgan fingerprint density at radius 1 is 1.46 bits per heavy atom. The van der Waals surface area contributed by atoms with Gasteiger partial charge in [-0.1, -0.05) is 0 Å². The SMILES string of the molecule is Ic1cc2c(s1)CCc1cn[nH]c1-2. The average Bonchev–Trinajstić information content (AvgIpc) is 2.65. The molecule has 2 nitrogen and oxygen atoms in total. The van der Waals surface area contributed by atoms with Gasteiger partial charge in [-0.15, -0.1) is 11.3 Å². The van der Waals surface area contributed by atoms with E-state index in [0.29, 0.717) is 0 Å². The van der Waals surface area contributed by atoms with E-state index in [1.165, 1.54) is 31.0 Å². The molecule has 0 saturated carbocycles. The van der Waals surface area contributed by atoms with E-state index in [1.807, 2.05) is 17.5 Å². The van der Waals surface area contributed by atoms with Gasteiger partial charge in [-0.25, -0.2) is 0 Å². The molecule has 1 aliphatic rings. The van der Waals surface area contributed by atoms with Crippen LogP contribution in [-0.4, -0.2) is 10.2 Å². The molecule has 0 atom stereocenters. The first-order valence-electron chi connectivity index (χ1n) is 4.15. The summed E-state index contributed by atoms with van der Waals surface area (Å²) in [5.41, 5.74) is 3.97. The van der Waals surface area contributed by atoms with Crippen LogP contribution < -0.4 is 0 Å². The molecule has 2 heterocycles. The summed E-state index contributed by atoms with van der Waals surface area (Å²) in [6, 6.07) is 2.25. The first-order valence-corrected chi connectivity index (χ1v) is 6.05. The normalized spacial score (nSPS) is 13.9. The van der Waals surface area contributed by atoms with Crippen molar-refractivity contribution in [3.63, 3.8) is 0 Å². The number of nitrogens with one attached hydrogen (secondary N) is 1. The van der Waals surface area contributed by atoms with Crippen LogP contribution in [0.1, 0.15) is 10.4 Å². The number of hydrogen-bond acceptors (Lipinski definition) is 2. The predicted octanol–water partition coefficient (Wildman–Crippen LogP) is 2.84. The smallest absolute Gasteiger partial charge is 0.0693 e. The fourth-order valence-corrected chi connectivity index (χ4v) is 3.77. The molecule has 0 aromatic carbocycles. The number of H-pyrrole nitrogens is 1. The van der Waals surface area contributed by atoms with Gasteiger partial charge in [0, 0.05) is 10.4 Å². The number of aryl methyl sites for hydroxylation is 2. The van der Waals surface area contributed by atoms with Crippen molar-refractivity contribution in [1.29, 1.82) is 0 Å². The third-order valence-electron chi connectivity index (χ3n) is 2.39. The largest absolute Gasteiger partial charge is 0.278 e. The van der Waals surface area contributed by atoms with Crippen molar-refractivity contribution in [2.24, 2.45) is 0 Å². The Kier molecular flexibility index (Phi) is 1.73. The summed E-state index contributed by atoms with van der Waals surface area (Å²) >= 11 is 4.28. The van der Waals surface area contributed by atoms with Crippen molar-refractivity contribution < 1.29 is 0 Å². The zero-order valence-electron chi connectivity index (χ0n) is 6.80. The minimum Gasteiger partial charge on any atom is -0.278 e. The molecule has 0 aliphatic heterocycles. The molecule has 13 heavy (non-hydrogen) atoms. The van der Waals surface area contributed by atoms with Crippen molar-refractivity contribution in [1.82, 2.24) is 10.2 Å². The first-order chi connectivity index (χ1) is 6.34. The Morgan fingerprint density at radius 2 is 2.38 bits per heavy atom. The van der Waals surface area contributed by atoms with Gasteiger partial charge >= 0.3 is 0 Å². The van der Waals surface area contributed by atoms with Crippen LogP contribution in [0.5, 0.6) is 0 Å². The van der Waals surface area contributed by atoms with Gasteiger partial charge in [0.25, 0.3) is 0 Å². The monoisotopic (exact) mass is 302 g/mol. The van der Waals surface area contributed by atoms with Gasteiger partial charge in [0.05, 0.1) is 14.8 Å². The van der Waals surface area contributed by atoms with Crippen LogP contribution in [0.3, 0.4) is 0 Å². The summed E-state index contributed by atoms with van der Waals surface area (Å²) in [7, 11) is 0. The molecule has 0 spiro atoms. The van der Waals surface area contributed by atoms with Crippen LogP contribution in [0.2, 0.25) is 0 Å². The maximum absolute atomic E-state index is 4.09. The molecule has 2 aromatic rings. The highest BCUT2D eigenvalue weighted by Gasteiger charge is 2.19. The molecule has 0 fully saturated rings. The standard InChI is InChI=1S/C9H7IN2S/c10-8-3-6-7(13-8)2-1-5-4-11-12-9(5)6/h3-4H,1-2H2,(H,11,12). The molecule has 1 aliphatic carbocycles. The number of halogens is 1. The first kappa shape index (κ1) is 7.99. The van der Waals surface area contributed by atoms with Gasteiger partial charge in [0.15, 0.2) is 0 Å². The van der Waals surface area contributed by atoms with Gasteiger partial charge in [0.1, 0.15) is 0 Å². The van der Waals surface area contributed by atoms with Gasteiger partial charge in [-0.2, -0.15) is 5.10 Å². The molecule has 66 valence electrons. The minimum absolute atomic E-state index is 1.13. The Labute approximate surface area is 93.5 Å². The van der Waals surface area contributed by atoms with Crippen molar-refractivity contribution in [2.45, 2.75) is 12.8 Å². The van der Waals surface area contributed by atoms with Crippen molar-refractivity contribution in [3.8, 4) is 11.3 Å². The molecule has 2 aromatic heterocycles. The highest BCUT2D eigenvalue weighted by molar-refractivity contribution is 14.1. The third kappa shape index (κ3) is 1.15. The number of rotatable bonds is 0. The quantitative estimate of drug-likeness (QED) is 0.745. The lowest BCUT2D eigenvalue weighted by Crippen LogP contribution is -1.98. The van der Waals surface area contributed by atoms with Crippen molar-refractivity contribution in [3.05, 3.63) is 25.6 Å². The Hall–Kier alpha value is -0.360. The van der Waals surface area contributed by atoms with Gasteiger partial charge in [0.2, 0.25) is 0 Å². The number of fused-ring (bicyclic) bond motifs is 3. The molecular formula is C9H7IN2S. The van der Waals surface area contributed by atoms with E-state index in [4.69, 9.17) is 0 Å². The van der Waals surface area contributed by atoms with Gasteiger partial charge in [-0.3, -0.25) is 5.10 Å². The predicted molar refractivity (Wildman–Crippen MR) is 62.0 cm³/mol. The molecule has 4 heteroatoms. The zero-order valence-corrected chi connectivity index (χ0v) is 9.78. The lowest BCUT2D eigenvalue weighted by atomic mass is 9.98. The van der Waals surface area contributed by atoms with Crippen LogP contribution in [0.25, 0.3) is 11.3 Å². The zero-order chi connectivity index (χ0) is 8.84. The van der Waals surface area contributed by atoms with Crippen LogP contribution >= 0.6 is 33.9 Å².